The fourth-order valence-electron chi connectivity index (χ4n) is 14.2. The summed E-state index contributed by atoms with van der Waals surface area (Å²) in [5.74, 6) is 4.21. The second-order valence-electron chi connectivity index (χ2n) is 38.0. The molecule has 1 unspecified atom stereocenters. The summed E-state index contributed by atoms with van der Waals surface area (Å²) in [6.45, 7) is 53.1. The number of benzene rings is 6. The largest absolute Gasteiger partial charge is 0.493 e. The zero-order chi connectivity index (χ0) is 83.7. The Morgan fingerprint density at radius 1 is 0.404 bits per heavy atom. The van der Waals surface area contributed by atoms with Gasteiger partial charge in [0.05, 0.1) is 50.8 Å². The molecular weight excluding hydrogens is 1460 g/mol. The molecule has 4 bridgehead atoms. The molecule has 8 aliphatic rings. The van der Waals surface area contributed by atoms with Crippen LogP contribution in [0.3, 0.4) is 0 Å². The minimum absolute atomic E-state index is 0.0573. The van der Waals surface area contributed by atoms with Crippen LogP contribution >= 0.6 is 11.6 Å². The maximum Gasteiger partial charge on any atom is 0.165 e. The summed E-state index contributed by atoms with van der Waals surface area (Å²) in [4.78, 5) is 5.17. The van der Waals surface area contributed by atoms with Crippen molar-refractivity contribution in [2.45, 2.75) is 233 Å². The summed E-state index contributed by atoms with van der Waals surface area (Å²) in [7, 11) is 4.96. The van der Waals surface area contributed by atoms with Gasteiger partial charge in [0.2, 0.25) is 0 Å². The van der Waals surface area contributed by atoms with E-state index < -0.39 is 0 Å². The van der Waals surface area contributed by atoms with Crippen LogP contribution in [0, 0.1) is 22.5 Å². The number of halogens is 3. The number of nitrogens with zero attached hydrogens (tertiary/aromatic N) is 2. The summed E-state index contributed by atoms with van der Waals surface area (Å²) in [5, 5.41) is 25.3. The molecule has 6 aromatic carbocycles. The van der Waals surface area contributed by atoms with Crippen LogP contribution in [0.5, 0.6) is 40.2 Å². The molecule has 19 heteroatoms. The third-order valence-electron chi connectivity index (χ3n) is 22.4. The van der Waals surface area contributed by atoms with Gasteiger partial charge in [0.25, 0.3) is 0 Å². The number of aliphatic hydroxyl groups excluding tert-OH is 2. The Labute approximate surface area is 689 Å². The van der Waals surface area contributed by atoms with Crippen LogP contribution in [0.4, 0.5) is 8.78 Å². The molecule has 8 heterocycles. The summed E-state index contributed by atoms with van der Waals surface area (Å²) >= 11 is 6.06. The first-order valence-electron chi connectivity index (χ1n) is 41.5. The lowest BCUT2D eigenvalue weighted by Gasteiger charge is -2.48. The highest BCUT2D eigenvalue weighted by Crippen LogP contribution is 2.43. The van der Waals surface area contributed by atoms with E-state index in [-0.39, 0.29) is 80.8 Å². The molecule has 6 aromatic rings. The monoisotopic (exact) mass is 1610 g/mol. The minimum Gasteiger partial charge on any atom is -0.493 e. The van der Waals surface area contributed by atoms with Crippen LogP contribution in [-0.2, 0) is 46.7 Å². The number of β-amino-alcohol motifs (C(OH)–C–C–N with tert-alkyl or cyclic N) is 1. The fraction of sp³-hybridized carbons (Fsp3) is 0.621. The van der Waals surface area contributed by atoms with Gasteiger partial charge in [-0.1, -0.05) is 185 Å². The van der Waals surface area contributed by atoms with Crippen molar-refractivity contribution in [3.63, 3.8) is 0 Å². The van der Waals surface area contributed by atoms with Gasteiger partial charge >= 0.3 is 0 Å². The van der Waals surface area contributed by atoms with Gasteiger partial charge in [0.1, 0.15) is 49.8 Å². The zero-order valence-electron chi connectivity index (χ0n) is 73.2. The fourth-order valence-corrected chi connectivity index (χ4v) is 14.4. The van der Waals surface area contributed by atoms with Gasteiger partial charge < -0.3 is 78.0 Å². The van der Waals surface area contributed by atoms with E-state index in [0.29, 0.717) is 93.8 Å². The Kier molecular flexibility index (Phi) is 36.1. The molecule has 114 heavy (non-hydrogen) atoms. The number of nitrogens with one attached hydrogen (secondary N) is 2. The van der Waals surface area contributed by atoms with E-state index in [0.717, 1.165) is 53.1 Å². The first-order valence-corrected chi connectivity index (χ1v) is 41.9. The van der Waals surface area contributed by atoms with Gasteiger partial charge in [-0.05, 0) is 223 Å². The summed E-state index contributed by atoms with van der Waals surface area (Å²) in [6.07, 6.45) is 8.84. The molecule has 0 amide bonds. The number of hydrogen-bond acceptors (Lipinski definition) is 16. The van der Waals surface area contributed by atoms with Crippen LogP contribution in [-0.4, -0.2) is 184 Å². The number of rotatable bonds is 24. The third-order valence-corrected chi connectivity index (χ3v) is 22.7. The van der Waals surface area contributed by atoms with Crippen molar-refractivity contribution in [1.82, 2.24) is 20.4 Å². The summed E-state index contributed by atoms with van der Waals surface area (Å²) in [5.41, 5.74) is 8.39. The third kappa shape index (κ3) is 30.9. The van der Waals surface area contributed by atoms with E-state index in [9.17, 15) is 13.9 Å². The van der Waals surface area contributed by atoms with Gasteiger partial charge in [-0.2, -0.15) is 0 Å². The number of methoxy groups -OCH3 is 3. The Morgan fingerprint density at radius 2 is 0.798 bits per heavy atom. The van der Waals surface area contributed by atoms with E-state index in [2.05, 4.69) is 179 Å². The second-order valence-corrected chi connectivity index (χ2v) is 38.4. The number of piperidine rings is 6. The lowest BCUT2D eigenvalue weighted by Crippen LogP contribution is -2.50. The zero-order valence-corrected chi connectivity index (χ0v) is 74.0. The van der Waals surface area contributed by atoms with Gasteiger partial charge in [0.15, 0.2) is 34.6 Å². The van der Waals surface area contributed by atoms with Crippen molar-refractivity contribution in [2.24, 2.45) is 10.8 Å². The van der Waals surface area contributed by atoms with E-state index in [4.69, 9.17) is 64.1 Å². The Bertz CT molecular complexity index is 3790. The van der Waals surface area contributed by atoms with Gasteiger partial charge in [0, 0.05) is 63.8 Å². The average Bonchev–Trinajstić information content (AvgIpc) is 1.19. The van der Waals surface area contributed by atoms with Gasteiger partial charge in [-0.3, -0.25) is 0 Å². The molecule has 16 nitrogen and oxygen atoms in total. The smallest absolute Gasteiger partial charge is 0.165 e. The molecule has 0 spiro atoms. The van der Waals surface area contributed by atoms with Gasteiger partial charge in [-0.15, -0.1) is 0 Å². The summed E-state index contributed by atoms with van der Waals surface area (Å²) < 4.78 is 83.3. The van der Waals surface area contributed by atoms with Crippen molar-refractivity contribution in [3.8, 4) is 40.2 Å². The molecule has 14 rings (SSSR count). The molecule has 8 aliphatic heterocycles. The Morgan fingerprint density at radius 3 is 1.23 bits per heavy atom. The SMILES string of the molecule is CC(C)(C)c1ccc(OCC23CCN(CC2)CC3)cc1.CC(C)(C)c1ccc(OCC2C[C@@H](O)CN2)c(F)c1.CC(C)(C)c1ccc(O[C@H]2CN[C@H](CO)C2)c(F)c1.CC(C)(C)c1cccc(OCC23CCN(CC2)CC3)c1.COCCOc1cc(C(C)(C)C)ccc1Cl.COCCOc1ccc(C(C)(C)C)cc1OCCOC. The number of aliphatic hydroxyl groups is 2. The van der Waals surface area contributed by atoms with E-state index in [1.54, 1.807) is 39.5 Å². The lowest BCUT2D eigenvalue weighted by atomic mass is 9.73. The Hall–Kier alpha value is -6.29. The van der Waals surface area contributed by atoms with Crippen molar-refractivity contribution < 1.29 is 66.4 Å². The van der Waals surface area contributed by atoms with Gasteiger partial charge in [-0.25, -0.2) is 8.78 Å². The predicted octanol–water partition coefficient (Wildman–Crippen LogP) is 18.8. The Balaban J connectivity index is 0.000000190. The second kappa shape index (κ2) is 43.4. The van der Waals surface area contributed by atoms with Crippen molar-refractivity contribution in [3.05, 3.63) is 171 Å². The van der Waals surface area contributed by atoms with E-state index in [1.165, 1.54) is 106 Å². The number of fused-ring (bicyclic) bond motifs is 6. The highest BCUT2D eigenvalue weighted by Gasteiger charge is 2.41. The van der Waals surface area contributed by atoms with Crippen molar-refractivity contribution in [2.75, 3.05) is 140 Å². The minimum atomic E-state index is -0.328. The normalized spacial score (nSPS) is 21.8. The van der Waals surface area contributed by atoms with Crippen LogP contribution < -0.4 is 43.8 Å². The molecular formula is C95H143ClF2N4O12. The van der Waals surface area contributed by atoms with E-state index in [1.807, 2.05) is 63.2 Å². The molecule has 8 fully saturated rings. The van der Waals surface area contributed by atoms with Crippen LogP contribution in [0.15, 0.2) is 121 Å². The average molecular weight is 1610 g/mol. The lowest BCUT2D eigenvalue weighted by molar-refractivity contribution is -0.00769. The predicted molar refractivity (Wildman–Crippen MR) is 460 cm³/mol. The maximum absolute atomic E-state index is 14.0. The van der Waals surface area contributed by atoms with Crippen molar-refractivity contribution >= 4 is 11.6 Å². The first-order chi connectivity index (χ1) is 53.6. The van der Waals surface area contributed by atoms with Crippen LogP contribution in [0.25, 0.3) is 0 Å². The van der Waals surface area contributed by atoms with E-state index >= 15 is 0 Å². The molecule has 8 saturated heterocycles. The van der Waals surface area contributed by atoms with Crippen LogP contribution in [0.1, 0.15) is 209 Å². The summed E-state index contributed by atoms with van der Waals surface area (Å²) in [6, 6.07) is 39.7. The topological polar surface area (TPSA) is 163 Å². The molecule has 4 atom stereocenters. The molecule has 0 radical (unpaired) electrons. The highest BCUT2D eigenvalue weighted by molar-refractivity contribution is 6.32. The first kappa shape index (κ1) is 94.9. The highest BCUT2D eigenvalue weighted by atomic mass is 35.5. The standard InChI is InChI=1S/2C18H27NO.C16H26O4.2C15H22FNO2.C13H19ClO2/c1-17(2,3)15-4-6-16(7-5-15)20-14-18-8-11-19(12-9-18)13-10-18;1-17(2,3)15-5-4-6-16(13-15)20-14-18-7-10-19(11-8-18)12-9-18;1-16(2,3)13-6-7-14(19-10-8-17-4)15(12-13)20-11-9-18-5;1-15(2,3)10-4-5-14(13(16)6-10)19-9-11-7-12(18)8-17-11;1-15(2,3)10-4-5-14(13(16)6-10)19-12-7-11(9-18)17-8-12;1-13(2,3)10-5-6-11(14)12(9-10)16-8-7-15-4/h4-7H,8-14H2,1-3H3;4-6,13H,7-12,14H2,1-3H3;6-7,12H,8-11H2,1-5H3;2*4-6,11-12,17-18H,7-9H2,1-3H3;5-6,9H,7-8H2,1-4H3/t;;;11?,12-;11-,12+;/m...10./s1. The molecule has 636 valence electrons. The molecule has 4 N–H and O–H groups in total. The number of hydrogen-bond donors (Lipinski definition) is 4. The molecule has 0 saturated carbocycles. The van der Waals surface area contributed by atoms with Crippen molar-refractivity contribution in [1.29, 1.82) is 0 Å². The van der Waals surface area contributed by atoms with Crippen LogP contribution in [0.2, 0.25) is 5.02 Å². The quantitative estimate of drug-likeness (QED) is 0.0423. The number of ether oxygens (including phenoxy) is 10. The molecule has 0 aliphatic carbocycles. The molecule has 0 aromatic heterocycles. The maximum atomic E-state index is 14.0.